The van der Waals surface area contributed by atoms with Crippen LogP contribution in [-0.2, 0) is 28.3 Å². The lowest BCUT2D eigenvalue weighted by Crippen LogP contribution is -2.47. The van der Waals surface area contributed by atoms with Crippen LogP contribution in [-0.4, -0.2) is 53.7 Å². The van der Waals surface area contributed by atoms with E-state index >= 15 is 0 Å². The summed E-state index contributed by atoms with van der Waals surface area (Å²) in [7, 11) is -2.42. The first-order valence-corrected chi connectivity index (χ1v) is 11.7. The number of H-pyrrole nitrogens is 1. The highest BCUT2D eigenvalue weighted by molar-refractivity contribution is 7.98. The maximum Gasteiger partial charge on any atom is 0.244 e. The van der Waals surface area contributed by atoms with Crippen molar-refractivity contribution < 1.29 is 17.6 Å². The van der Waals surface area contributed by atoms with E-state index in [9.17, 15) is 17.6 Å². The van der Waals surface area contributed by atoms with Crippen LogP contribution in [0.3, 0.4) is 0 Å². The number of benzene rings is 1. The molecule has 2 aromatic rings. The molecule has 8 nitrogen and oxygen atoms in total. The highest BCUT2D eigenvalue weighted by Gasteiger charge is 2.27. The van der Waals surface area contributed by atoms with Crippen LogP contribution in [0.2, 0.25) is 0 Å². The fourth-order valence-corrected chi connectivity index (χ4v) is 4.35. The predicted octanol–water partition coefficient (Wildman–Crippen LogP) is 1.38. The molecule has 1 aromatic heterocycles. The third-order valence-corrected chi connectivity index (χ3v) is 6.48. The summed E-state index contributed by atoms with van der Waals surface area (Å²) in [5, 5.41) is 9.40. The molecule has 0 aliphatic carbocycles. The molecule has 0 bridgehead atoms. The minimum atomic E-state index is -4.18. The topological polar surface area (TPSA) is 109 Å². The summed E-state index contributed by atoms with van der Waals surface area (Å²) < 4.78 is 43.4. The van der Waals surface area contributed by atoms with Gasteiger partial charge in [-0.25, -0.2) is 12.8 Å². The van der Waals surface area contributed by atoms with E-state index in [1.807, 2.05) is 6.26 Å². The Bertz CT molecular complexity index is 974. The van der Waals surface area contributed by atoms with Gasteiger partial charge < -0.3 is 9.88 Å². The van der Waals surface area contributed by atoms with Gasteiger partial charge >= 0.3 is 0 Å². The normalized spacial score (nSPS) is 12.7. The van der Waals surface area contributed by atoms with E-state index in [4.69, 9.17) is 12.2 Å². The second kappa shape index (κ2) is 10.1. The number of carbonyl (C=O) groups excluding carboxylic acids is 1. The second-order valence-electron chi connectivity index (χ2n) is 5.93. The molecule has 0 saturated heterocycles. The van der Waals surface area contributed by atoms with Gasteiger partial charge in [-0.05, 0) is 42.8 Å². The summed E-state index contributed by atoms with van der Waals surface area (Å²) in [6.07, 6.45) is 2.54. The molecule has 12 heteroatoms. The van der Waals surface area contributed by atoms with E-state index < -0.39 is 32.7 Å². The van der Waals surface area contributed by atoms with Crippen molar-refractivity contribution in [2.45, 2.75) is 23.8 Å². The Kier molecular flexibility index (Phi) is 8.16. The largest absolute Gasteiger partial charge is 0.354 e. The fraction of sp³-hybridized carbons (Fsp3) is 0.438. The lowest BCUT2D eigenvalue weighted by atomic mass is 10.2. The van der Waals surface area contributed by atoms with Crippen molar-refractivity contribution in [3.63, 3.8) is 0 Å². The molecular weight excluding hydrogens is 425 g/mol. The fourth-order valence-electron chi connectivity index (χ4n) is 2.42. The summed E-state index contributed by atoms with van der Waals surface area (Å²) >= 11 is 6.51. The molecular formula is C16H22FN5O3S3. The number of amides is 1. The molecule has 28 heavy (non-hydrogen) atoms. The number of hydrogen-bond donors (Lipinski definition) is 3. The zero-order chi connectivity index (χ0) is 20.7. The Labute approximate surface area is 172 Å². The Morgan fingerprint density at radius 3 is 2.75 bits per heavy atom. The zero-order valence-electron chi connectivity index (χ0n) is 15.4. The average molecular weight is 448 g/mol. The molecule has 1 aromatic carbocycles. The number of thioether (sulfide) groups is 1. The smallest absolute Gasteiger partial charge is 0.244 e. The van der Waals surface area contributed by atoms with Crippen LogP contribution in [0.1, 0.15) is 12.2 Å². The predicted molar refractivity (Wildman–Crippen MR) is 109 cm³/mol. The van der Waals surface area contributed by atoms with Crippen molar-refractivity contribution in [1.82, 2.24) is 24.8 Å². The summed E-state index contributed by atoms with van der Waals surface area (Å²) in [4.78, 5) is 12.0. The number of sulfonamides is 1. The van der Waals surface area contributed by atoms with Crippen molar-refractivity contribution in [3.8, 4) is 0 Å². The molecule has 1 atom stereocenters. The average Bonchev–Trinajstić information content (AvgIpc) is 2.97. The van der Waals surface area contributed by atoms with Gasteiger partial charge in [0.25, 0.3) is 0 Å². The van der Waals surface area contributed by atoms with E-state index in [1.165, 1.54) is 23.9 Å². The molecule has 0 radical (unpaired) electrons. The number of nitrogens with one attached hydrogen (secondary N) is 3. The molecule has 1 heterocycles. The van der Waals surface area contributed by atoms with Gasteiger partial charge in [0.1, 0.15) is 22.6 Å². The van der Waals surface area contributed by atoms with Gasteiger partial charge in [0, 0.05) is 20.0 Å². The molecule has 0 spiro atoms. The molecule has 1 unspecified atom stereocenters. The minimum Gasteiger partial charge on any atom is -0.354 e. The number of carbonyl (C=O) groups is 1. The molecule has 2 rings (SSSR count). The van der Waals surface area contributed by atoms with Gasteiger partial charge in [-0.15, -0.1) is 0 Å². The third-order valence-electron chi connectivity index (χ3n) is 3.97. The van der Waals surface area contributed by atoms with Crippen molar-refractivity contribution in [3.05, 3.63) is 40.7 Å². The van der Waals surface area contributed by atoms with Gasteiger partial charge in [-0.3, -0.25) is 9.89 Å². The Morgan fingerprint density at radius 2 is 2.14 bits per heavy atom. The second-order valence-corrected chi connectivity index (χ2v) is 8.99. The number of nitrogens with zero attached hydrogens (tertiary/aromatic N) is 2. The molecule has 3 N–H and O–H groups in total. The third kappa shape index (κ3) is 5.87. The van der Waals surface area contributed by atoms with E-state index in [1.54, 1.807) is 11.6 Å². The Morgan fingerprint density at radius 1 is 1.43 bits per heavy atom. The maximum absolute atomic E-state index is 13.9. The Balaban J connectivity index is 2.05. The van der Waals surface area contributed by atoms with Crippen LogP contribution < -0.4 is 10.0 Å². The summed E-state index contributed by atoms with van der Waals surface area (Å²) in [6, 6.07) is 4.02. The number of halogens is 1. The highest BCUT2D eigenvalue weighted by atomic mass is 32.2. The zero-order valence-corrected chi connectivity index (χ0v) is 17.9. The number of hydrogen-bond acceptors (Lipinski definition) is 6. The van der Waals surface area contributed by atoms with Crippen molar-refractivity contribution >= 4 is 39.9 Å². The Hall–Kier alpha value is -1.76. The van der Waals surface area contributed by atoms with Crippen LogP contribution >= 0.6 is 24.0 Å². The first-order valence-electron chi connectivity index (χ1n) is 8.40. The number of rotatable bonds is 10. The van der Waals surface area contributed by atoms with Gasteiger partial charge in [-0.1, -0.05) is 12.1 Å². The number of aromatic nitrogens is 3. The van der Waals surface area contributed by atoms with E-state index in [2.05, 4.69) is 20.2 Å². The van der Waals surface area contributed by atoms with Crippen LogP contribution in [0.5, 0.6) is 0 Å². The van der Waals surface area contributed by atoms with E-state index in [0.29, 0.717) is 22.8 Å². The van der Waals surface area contributed by atoms with Crippen molar-refractivity contribution in [1.29, 1.82) is 0 Å². The molecule has 1 amide bonds. The standard InChI is InChI=1S/C16H22FN5O3S3/c1-22-14(19-20-16(22)26)7-9-18-15(23)12(8-10-27-2)21-28(24,25)13-6-4-3-5-11(13)17/h3-6,12,21H,7-10H2,1-2H3,(H,18,23)(H,20,26). The van der Waals surface area contributed by atoms with Crippen molar-refractivity contribution in [2.24, 2.45) is 7.05 Å². The van der Waals surface area contributed by atoms with E-state index in [-0.39, 0.29) is 13.0 Å². The van der Waals surface area contributed by atoms with Crippen LogP contribution in [0, 0.1) is 10.6 Å². The van der Waals surface area contributed by atoms with Crippen LogP contribution in [0.25, 0.3) is 0 Å². The number of aromatic amines is 1. The van der Waals surface area contributed by atoms with Crippen LogP contribution in [0.4, 0.5) is 4.39 Å². The van der Waals surface area contributed by atoms with Gasteiger partial charge in [0.15, 0.2) is 4.77 Å². The summed E-state index contributed by atoms with van der Waals surface area (Å²) in [5.41, 5.74) is 0. The molecule has 0 aliphatic heterocycles. The summed E-state index contributed by atoms with van der Waals surface area (Å²) in [5.74, 6) is -0.126. The molecule has 0 fully saturated rings. The summed E-state index contributed by atoms with van der Waals surface area (Å²) in [6.45, 7) is 0.253. The van der Waals surface area contributed by atoms with E-state index in [0.717, 1.165) is 12.1 Å². The highest BCUT2D eigenvalue weighted by Crippen LogP contribution is 2.15. The lowest BCUT2D eigenvalue weighted by Gasteiger charge is -2.18. The maximum atomic E-state index is 13.9. The van der Waals surface area contributed by atoms with Gasteiger partial charge in [-0.2, -0.15) is 21.6 Å². The first kappa shape index (κ1) is 22.5. The lowest BCUT2D eigenvalue weighted by molar-refractivity contribution is -0.122. The molecule has 154 valence electrons. The van der Waals surface area contributed by atoms with Gasteiger partial charge in [0.05, 0.1) is 0 Å². The van der Waals surface area contributed by atoms with Crippen molar-refractivity contribution in [2.75, 3.05) is 18.6 Å². The SMILES string of the molecule is CSCCC(NS(=O)(=O)c1ccccc1F)C(=O)NCCc1n[nH]c(=S)n1C. The minimum absolute atomic E-state index is 0.253. The van der Waals surface area contributed by atoms with Gasteiger partial charge in [0.2, 0.25) is 15.9 Å². The molecule has 0 aliphatic rings. The quantitative estimate of drug-likeness (QED) is 0.475. The first-order chi connectivity index (χ1) is 13.3. The monoisotopic (exact) mass is 447 g/mol. The molecule has 0 saturated carbocycles. The van der Waals surface area contributed by atoms with Crippen LogP contribution in [0.15, 0.2) is 29.2 Å².